The first-order valence-electron chi connectivity index (χ1n) is 5.72. The first kappa shape index (κ1) is 12.9. The lowest BCUT2D eigenvalue weighted by molar-refractivity contribution is -0.125. The lowest BCUT2D eigenvalue weighted by Crippen LogP contribution is -2.41. The van der Waals surface area contributed by atoms with Crippen molar-refractivity contribution in [1.82, 2.24) is 9.55 Å². The number of primary amides is 1. The third kappa shape index (κ3) is 1.86. The van der Waals surface area contributed by atoms with Crippen LogP contribution in [0, 0.1) is 6.92 Å². The van der Waals surface area contributed by atoms with Gasteiger partial charge in [0.15, 0.2) is 0 Å². The maximum Gasteiger partial charge on any atom is 0.243 e. The molecule has 1 heterocycles. The van der Waals surface area contributed by atoms with Gasteiger partial charge < -0.3 is 10.3 Å². The van der Waals surface area contributed by atoms with Gasteiger partial charge in [0, 0.05) is 0 Å². The minimum absolute atomic E-state index is 0.241. The first-order valence-corrected chi connectivity index (χ1v) is 6.25. The number of imidazole rings is 1. The van der Waals surface area contributed by atoms with E-state index in [1.165, 1.54) is 0 Å². The number of amides is 1. The summed E-state index contributed by atoms with van der Waals surface area (Å²) in [5, 5.41) is 0. The van der Waals surface area contributed by atoms with E-state index in [1.54, 1.807) is 13.8 Å². The molecule has 2 rings (SSSR count). The molecule has 2 N–H and O–H groups in total. The summed E-state index contributed by atoms with van der Waals surface area (Å²) >= 11 is 5.92. The number of halogens is 1. The minimum atomic E-state index is -0.854. The number of fused-ring (bicyclic) bond motifs is 1. The Kier molecular flexibility index (Phi) is 3.07. The van der Waals surface area contributed by atoms with Crippen molar-refractivity contribution in [3.8, 4) is 0 Å². The van der Waals surface area contributed by atoms with Crippen LogP contribution >= 0.6 is 11.6 Å². The molecule has 0 saturated heterocycles. The van der Waals surface area contributed by atoms with Gasteiger partial charge in [0.2, 0.25) is 5.91 Å². The van der Waals surface area contributed by atoms with Crippen molar-refractivity contribution >= 4 is 28.5 Å². The molecule has 0 unspecified atom stereocenters. The quantitative estimate of drug-likeness (QED) is 0.866. The molecule has 18 heavy (non-hydrogen) atoms. The van der Waals surface area contributed by atoms with E-state index in [1.807, 2.05) is 29.7 Å². The lowest BCUT2D eigenvalue weighted by atomic mass is 10.0. The SMILES string of the molecule is Cc1ccc2nc(CCl)n(C(C)(C)C(N)=O)c2c1. The van der Waals surface area contributed by atoms with Gasteiger partial charge >= 0.3 is 0 Å². The van der Waals surface area contributed by atoms with Gasteiger partial charge in [-0.05, 0) is 38.5 Å². The summed E-state index contributed by atoms with van der Waals surface area (Å²) in [6.45, 7) is 5.54. The number of carbonyl (C=O) groups is 1. The average molecular weight is 266 g/mol. The fourth-order valence-electron chi connectivity index (χ4n) is 2.06. The van der Waals surface area contributed by atoms with E-state index in [0.717, 1.165) is 16.6 Å². The zero-order chi connectivity index (χ0) is 13.5. The monoisotopic (exact) mass is 265 g/mol. The van der Waals surface area contributed by atoms with Crippen LogP contribution in [-0.2, 0) is 16.2 Å². The van der Waals surface area contributed by atoms with Gasteiger partial charge in [-0.2, -0.15) is 0 Å². The number of hydrogen-bond donors (Lipinski definition) is 1. The number of aryl methyl sites for hydroxylation is 1. The maximum atomic E-state index is 11.6. The second-order valence-corrected chi connectivity index (χ2v) is 5.18. The van der Waals surface area contributed by atoms with Crippen LogP contribution in [-0.4, -0.2) is 15.5 Å². The van der Waals surface area contributed by atoms with Crippen LogP contribution in [0.4, 0.5) is 0 Å². The van der Waals surface area contributed by atoms with Crippen LogP contribution in [0.25, 0.3) is 11.0 Å². The predicted octanol–water partition coefficient (Wildman–Crippen LogP) is 2.30. The fraction of sp³-hybridized carbons (Fsp3) is 0.385. The molecule has 2 aromatic rings. The molecule has 0 radical (unpaired) electrons. The van der Waals surface area contributed by atoms with Crippen LogP contribution in [0.2, 0.25) is 0 Å². The molecule has 0 atom stereocenters. The molecule has 4 nitrogen and oxygen atoms in total. The van der Waals surface area contributed by atoms with Gasteiger partial charge in [-0.25, -0.2) is 4.98 Å². The highest BCUT2D eigenvalue weighted by atomic mass is 35.5. The number of rotatable bonds is 3. The topological polar surface area (TPSA) is 60.9 Å². The summed E-state index contributed by atoms with van der Waals surface area (Å²) in [5.74, 6) is 0.487. The third-order valence-electron chi connectivity index (χ3n) is 3.16. The zero-order valence-electron chi connectivity index (χ0n) is 10.7. The number of carbonyl (C=O) groups excluding carboxylic acids is 1. The van der Waals surface area contributed by atoms with Gasteiger partial charge in [0.1, 0.15) is 11.4 Å². The number of aromatic nitrogens is 2. The van der Waals surface area contributed by atoms with Crippen molar-refractivity contribution in [3.05, 3.63) is 29.6 Å². The second kappa shape index (κ2) is 4.28. The van der Waals surface area contributed by atoms with Gasteiger partial charge in [-0.1, -0.05) is 6.07 Å². The largest absolute Gasteiger partial charge is 0.368 e. The van der Waals surface area contributed by atoms with Crippen LogP contribution < -0.4 is 5.73 Å². The molecule has 96 valence electrons. The number of nitrogens with two attached hydrogens (primary N) is 1. The molecule has 0 aliphatic carbocycles. The Labute approximate surface area is 111 Å². The molecule has 5 heteroatoms. The van der Waals surface area contributed by atoms with E-state index >= 15 is 0 Å². The summed E-state index contributed by atoms with van der Waals surface area (Å²) < 4.78 is 1.82. The van der Waals surface area contributed by atoms with Crippen molar-refractivity contribution in [3.63, 3.8) is 0 Å². The highest BCUT2D eigenvalue weighted by Crippen LogP contribution is 2.27. The number of hydrogen-bond acceptors (Lipinski definition) is 2. The average Bonchev–Trinajstić information content (AvgIpc) is 2.66. The maximum absolute atomic E-state index is 11.6. The molecule has 1 amide bonds. The van der Waals surface area contributed by atoms with Crippen LogP contribution in [0.5, 0.6) is 0 Å². The highest BCUT2D eigenvalue weighted by Gasteiger charge is 2.31. The third-order valence-corrected chi connectivity index (χ3v) is 3.40. The van der Waals surface area contributed by atoms with E-state index in [0.29, 0.717) is 5.82 Å². The molecule has 1 aromatic carbocycles. The number of alkyl halides is 1. The molecular weight excluding hydrogens is 250 g/mol. The number of benzene rings is 1. The van der Waals surface area contributed by atoms with Crippen molar-refractivity contribution in [1.29, 1.82) is 0 Å². The Morgan fingerprint density at radius 1 is 1.50 bits per heavy atom. The Morgan fingerprint density at radius 2 is 2.17 bits per heavy atom. The van der Waals surface area contributed by atoms with Gasteiger partial charge in [-0.15, -0.1) is 11.6 Å². The lowest BCUT2D eigenvalue weighted by Gasteiger charge is -2.25. The van der Waals surface area contributed by atoms with Crippen molar-refractivity contribution in [2.75, 3.05) is 0 Å². The normalized spacial score (nSPS) is 12.0. The van der Waals surface area contributed by atoms with Gasteiger partial charge in [0.05, 0.1) is 16.9 Å². The number of nitrogens with zero attached hydrogens (tertiary/aromatic N) is 2. The zero-order valence-corrected chi connectivity index (χ0v) is 11.5. The Balaban J connectivity index is 2.82. The Morgan fingerprint density at radius 3 is 2.72 bits per heavy atom. The molecule has 0 saturated carbocycles. The molecule has 1 aromatic heterocycles. The van der Waals surface area contributed by atoms with E-state index in [9.17, 15) is 4.79 Å². The summed E-state index contributed by atoms with van der Waals surface area (Å²) in [6, 6.07) is 5.90. The molecule has 0 aliphatic rings. The first-order chi connectivity index (χ1) is 8.37. The van der Waals surface area contributed by atoms with Crippen LogP contribution in [0.1, 0.15) is 25.2 Å². The summed E-state index contributed by atoms with van der Waals surface area (Å²) in [6.07, 6.45) is 0. The second-order valence-electron chi connectivity index (χ2n) is 4.91. The molecule has 0 aliphatic heterocycles. The van der Waals surface area contributed by atoms with E-state index < -0.39 is 11.4 Å². The smallest absolute Gasteiger partial charge is 0.243 e. The standard InChI is InChI=1S/C13H16ClN3O/c1-8-4-5-9-10(6-8)17(11(7-14)16-9)13(2,3)12(15)18/h4-6H,7H2,1-3H3,(H2,15,18). The van der Waals surface area contributed by atoms with Crippen molar-refractivity contribution < 1.29 is 4.79 Å². The molecule has 0 bridgehead atoms. The minimum Gasteiger partial charge on any atom is -0.368 e. The highest BCUT2D eigenvalue weighted by molar-refractivity contribution is 6.17. The van der Waals surface area contributed by atoms with E-state index in [-0.39, 0.29) is 5.88 Å². The molecule has 0 spiro atoms. The van der Waals surface area contributed by atoms with Crippen molar-refractivity contribution in [2.45, 2.75) is 32.2 Å². The Bertz CT molecular complexity index is 616. The van der Waals surface area contributed by atoms with Crippen molar-refractivity contribution in [2.24, 2.45) is 5.73 Å². The van der Waals surface area contributed by atoms with Gasteiger partial charge in [0.25, 0.3) is 0 Å². The van der Waals surface area contributed by atoms with E-state index in [2.05, 4.69) is 4.98 Å². The Hall–Kier alpha value is -1.55. The molecular formula is C13H16ClN3O. The fourth-order valence-corrected chi connectivity index (χ4v) is 2.24. The molecule has 0 fully saturated rings. The van der Waals surface area contributed by atoms with Crippen LogP contribution in [0.3, 0.4) is 0 Å². The summed E-state index contributed by atoms with van der Waals surface area (Å²) in [7, 11) is 0. The predicted molar refractivity (Wildman–Crippen MR) is 72.5 cm³/mol. The summed E-state index contributed by atoms with van der Waals surface area (Å²) in [5.41, 5.74) is 7.44. The van der Waals surface area contributed by atoms with E-state index in [4.69, 9.17) is 17.3 Å². The summed E-state index contributed by atoms with van der Waals surface area (Å²) in [4.78, 5) is 16.1. The van der Waals surface area contributed by atoms with Gasteiger partial charge in [-0.3, -0.25) is 4.79 Å². The van der Waals surface area contributed by atoms with Crippen LogP contribution in [0.15, 0.2) is 18.2 Å².